The zero-order valence-corrected chi connectivity index (χ0v) is 15.2. The summed E-state index contributed by atoms with van der Waals surface area (Å²) in [5.74, 6) is -0.0102. The number of nitrogens with one attached hydrogen (secondary N) is 2. The van der Waals surface area contributed by atoms with Crippen molar-refractivity contribution in [3.05, 3.63) is 76.9 Å². The molecule has 3 heterocycles. The van der Waals surface area contributed by atoms with Crippen LogP contribution in [0.2, 0.25) is 0 Å². The Bertz CT molecular complexity index is 942. The summed E-state index contributed by atoms with van der Waals surface area (Å²) in [6.45, 7) is 3.35. The topological polar surface area (TPSA) is 122 Å². The van der Waals surface area contributed by atoms with E-state index in [0.29, 0.717) is 22.9 Å². The van der Waals surface area contributed by atoms with E-state index in [-0.39, 0.29) is 11.1 Å². The highest BCUT2D eigenvalue weighted by Crippen LogP contribution is 2.13. The van der Waals surface area contributed by atoms with E-state index in [9.17, 15) is 9.59 Å². The number of aryl methyl sites for hydroxylation is 2. The van der Waals surface area contributed by atoms with E-state index in [1.54, 1.807) is 38.1 Å². The van der Waals surface area contributed by atoms with Crippen molar-refractivity contribution >= 4 is 24.2 Å². The van der Waals surface area contributed by atoms with Crippen LogP contribution in [-0.4, -0.2) is 29.2 Å². The van der Waals surface area contributed by atoms with Crippen molar-refractivity contribution < 1.29 is 18.4 Å². The van der Waals surface area contributed by atoms with Crippen molar-refractivity contribution in [2.45, 2.75) is 13.8 Å². The average molecular weight is 379 g/mol. The predicted octanol–water partition coefficient (Wildman–Crippen LogP) is 2.41. The Balaban J connectivity index is 1.72. The Labute approximate surface area is 160 Å². The Morgan fingerprint density at radius 3 is 1.75 bits per heavy atom. The van der Waals surface area contributed by atoms with Crippen LogP contribution < -0.4 is 10.9 Å². The van der Waals surface area contributed by atoms with Crippen molar-refractivity contribution in [3.63, 3.8) is 0 Å². The predicted molar refractivity (Wildman–Crippen MR) is 101 cm³/mol. The van der Waals surface area contributed by atoms with E-state index in [4.69, 9.17) is 8.83 Å². The number of carbonyl (C=O) groups excluding carboxylic acids is 2. The van der Waals surface area contributed by atoms with Gasteiger partial charge in [0.25, 0.3) is 11.8 Å². The van der Waals surface area contributed by atoms with E-state index in [1.807, 2.05) is 0 Å². The van der Waals surface area contributed by atoms with Gasteiger partial charge >= 0.3 is 0 Å². The first kappa shape index (κ1) is 18.8. The Morgan fingerprint density at radius 1 is 0.893 bits per heavy atom. The highest BCUT2D eigenvalue weighted by Gasteiger charge is 2.17. The molecule has 0 saturated heterocycles. The first-order chi connectivity index (χ1) is 13.5. The van der Waals surface area contributed by atoms with Crippen LogP contribution in [0.1, 0.15) is 43.6 Å². The lowest BCUT2D eigenvalue weighted by Crippen LogP contribution is -2.23. The second-order valence-corrected chi connectivity index (χ2v) is 5.68. The van der Waals surface area contributed by atoms with E-state index in [0.717, 1.165) is 0 Å². The van der Waals surface area contributed by atoms with Crippen LogP contribution in [0.25, 0.3) is 0 Å². The van der Waals surface area contributed by atoms with Gasteiger partial charge in [-0.15, -0.1) is 0 Å². The van der Waals surface area contributed by atoms with E-state index < -0.39 is 11.8 Å². The minimum Gasteiger partial charge on any atom is -0.463 e. The SMILES string of the molecule is Cc1nc(C)c(C(=O)N/N=C\c2ccco2)cc1C(=O)N/N=C\c1ccco1. The number of aromatic nitrogens is 1. The minimum absolute atomic E-state index is 0.224. The summed E-state index contributed by atoms with van der Waals surface area (Å²) in [6.07, 6.45) is 5.73. The van der Waals surface area contributed by atoms with E-state index >= 15 is 0 Å². The maximum atomic E-state index is 12.4. The molecule has 0 saturated carbocycles. The molecule has 9 heteroatoms. The molecule has 0 unspecified atom stereocenters. The maximum Gasteiger partial charge on any atom is 0.273 e. The summed E-state index contributed by atoms with van der Waals surface area (Å²) >= 11 is 0. The highest BCUT2D eigenvalue weighted by atomic mass is 16.3. The number of amides is 2. The summed E-state index contributed by atoms with van der Waals surface area (Å²) < 4.78 is 10.2. The fourth-order valence-electron chi connectivity index (χ4n) is 2.34. The molecule has 0 fully saturated rings. The maximum absolute atomic E-state index is 12.4. The Hall–Kier alpha value is -4.01. The summed E-state index contributed by atoms with van der Waals surface area (Å²) in [7, 11) is 0. The quantitative estimate of drug-likeness (QED) is 0.503. The molecule has 0 radical (unpaired) electrons. The fourth-order valence-corrected chi connectivity index (χ4v) is 2.34. The van der Waals surface area contributed by atoms with Gasteiger partial charge in [-0.1, -0.05) is 0 Å². The zero-order chi connectivity index (χ0) is 19.9. The lowest BCUT2D eigenvalue weighted by molar-refractivity contribution is 0.0954. The highest BCUT2D eigenvalue weighted by molar-refractivity contribution is 6.01. The largest absolute Gasteiger partial charge is 0.463 e. The number of pyridine rings is 1. The fraction of sp³-hybridized carbons (Fsp3) is 0.105. The third kappa shape index (κ3) is 4.58. The number of nitrogens with zero attached hydrogens (tertiary/aromatic N) is 3. The van der Waals surface area contributed by atoms with Crippen molar-refractivity contribution in [1.82, 2.24) is 15.8 Å². The molecule has 0 atom stereocenters. The molecule has 0 aliphatic heterocycles. The standard InChI is InChI=1S/C19H17N5O4/c1-12-16(18(25)23-20-10-14-5-3-7-27-14)9-17(13(2)22-12)19(26)24-21-11-15-6-4-8-28-15/h3-11H,1-2H3,(H,23,25)(H,24,26)/b20-10-,21-11-. The van der Waals surface area contributed by atoms with Gasteiger partial charge in [0.1, 0.15) is 11.5 Å². The van der Waals surface area contributed by atoms with Gasteiger partial charge in [0.2, 0.25) is 0 Å². The normalized spacial score (nSPS) is 11.2. The van der Waals surface area contributed by atoms with Crippen LogP contribution >= 0.6 is 0 Å². The van der Waals surface area contributed by atoms with Gasteiger partial charge in [-0.2, -0.15) is 10.2 Å². The first-order valence-electron chi connectivity index (χ1n) is 8.26. The van der Waals surface area contributed by atoms with Crippen molar-refractivity contribution in [1.29, 1.82) is 0 Å². The van der Waals surface area contributed by atoms with Crippen LogP contribution in [0.5, 0.6) is 0 Å². The Kier molecular flexibility index (Phi) is 5.75. The molecule has 9 nitrogen and oxygen atoms in total. The molecular weight excluding hydrogens is 362 g/mol. The van der Waals surface area contributed by atoms with Crippen LogP contribution in [0.15, 0.2) is 61.9 Å². The average Bonchev–Trinajstić information content (AvgIpc) is 3.35. The lowest BCUT2D eigenvalue weighted by Gasteiger charge is -2.09. The number of hydrogen-bond acceptors (Lipinski definition) is 7. The van der Waals surface area contributed by atoms with Gasteiger partial charge in [0, 0.05) is 0 Å². The summed E-state index contributed by atoms with van der Waals surface area (Å²) in [5, 5.41) is 7.65. The number of rotatable bonds is 6. The second kappa shape index (κ2) is 8.58. The molecule has 3 aromatic rings. The van der Waals surface area contributed by atoms with E-state index in [2.05, 4.69) is 26.0 Å². The van der Waals surface area contributed by atoms with Crippen LogP contribution in [-0.2, 0) is 0 Å². The molecule has 0 aromatic carbocycles. The van der Waals surface area contributed by atoms with Gasteiger partial charge in [-0.05, 0) is 44.2 Å². The van der Waals surface area contributed by atoms with Crippen molar-refractivity contribution in [2.24, 2.45) is 10.2 Å². The molecule has 0 spiro atoms. The van der Waals surface area contributed by atoms with E-state index in [1.165, 1.54) is 31.0 Å². The van der Waals surface area contributed by atoms with Gasteiger partial charge in [0.15, 0.2) is 0 Å². The minimum atomic E-state index is -0.499. The molecule has 3 aromatic heterocycles. The third-order valence-corrected chi connectivity index (χ3v) is 3.70. The summed E-state index contributed by atoms with van der Waals surface area (Å²) in [5.41, 5.74) is 6.16. The monoisotopic (exact) mass is 379 g/mol. The summed E-state index contributed by atoms with van der Waals surface area (Å²) in [4.78, 5) is 29.0. The number of hydrazone groups is 2. The van der Waals surface area contributed by atoms with Gasteiger partial charge in [0.05, 0.1) is 47.5 Å². The summed E-state index contributed by atoms with van der Waals surface area (Å²) in [6, 6.07) is 8.25. The van der Waals surface area contributed by atoms with Crippen LogP contribution in [0.4, 0.5) is 0 Å². The number of carbonyl (C=O) groups is 2. The molecule has 0 aliphatic carbocycles. The van der Waals surface area contributed by atoms with Crippen molar-refractivity contribution in [2.75, 3.05) is 0 Å². The smallest absolute Gasteiger partial charge is 0.273 e. The van der Waals surface area contributed by atoms with Crippen molar-refractivity contribution in [3.8, 4) is 0 Å². The Morgan fingerprint density at radius 2 is 1.36 bits per heavy atom. The van der Waals surface area contributed by atoms with Gasteiger partial charge in [-0.3, -0.25) is 14.6 Å². The first-order valence-corrected chi connectivity index (χ1v) is 8.26. The number of hydrogen-bond donors (Lipinski definition) is 2. The third-order valence-electron chi connectivity index (χ3n) is 3.70. The molecule has 28 heavy (non-hydrogen) atoms. The zero-order valence-electron chi connectivity index (χ0n) is 15.2. The molecule has 3 rings (SSSR count). The van der Waals surface area contributed by atoms with Crippen LogP contribution in [0, 0.1) is 13.8 Å². The molecular formula is C19H17N5O4. The molecule has 2 amide bonds. The van der Waals surface area contributed by atoms with Gasteiger partial charge < -0.3 is 8.83 Å². The van der Waals surface area contributed by atoms with Crippen LogP contribution in [0.3, 0.4) is 0 Å². The molecule has 2 N–H and O–H groups in total. The molecule has 0 bridgehead atoms. The van der Waals surface area contributed by atoms with Gasteiger partial charge in [-0.25, -0.2) is 10.9 Å². The molecule has 142 valence electrons. The second-order valence-electron chi connectivity index (χ2n) is 5.68. The molecule has 0 aliphatic rings. The number of furan rings is 2. The lowest BCUT2D eigenvalue weighted by atomic mass is 10.1.